The molecule has 0 spiro atoms. The molecule has 7 heteroatoms. The molecule has 0 aliphatic carbocycles. The summed E-state index contributed by atoms with van der Waals surface area (Å²) in [5, 5.41) is 15.8. The van der Waals surface area contributed by atoms with Crippen LogP contribution < -0.4 is 0 Å². The van der Waals surface area contributed by atoms with Crippen molar-refractivity contribution in [2.45, 2.75) is 23.6 Å². The fourth-order valence-electron chi connectivity index (χ4n) is 1.34. The van der Waals surface area contributed by atoms with Gasteiger partial charge in [-0.3, -0.25) is 0 Å². The summed E-state index contributed by atoms with van der Waals surface area (Å²) in [5.74, 6) is -1.87. The van der Waals surface area contributed by atoms with Gasteiger partial charge in [-0.1, -0.05) is 49.6 Å². The molecular weight excluding hydrogens is 368 g/mol. The number of carboxylic acid groups (broad SMARTS) is 2. The maximum Gasteiger partial charge on any atom is 0.330 e. The highest BCUT2D eigenvalue weighted by Gasteiger charge is 2.15. The van der Waals surface area contributed by atoms with E-state index >= 15 is 0 Å². The molecule has 0 aliphatic rings. The zero-order chi connectivity index (χ0) is 21.0. The van der Waals surface area contributed by atoms with E-state index in [4.69, 9.17) is 10.2 Å². The molecule has 2 N–H and O–H groups in total. The van der Waals surface area contributed by atoms with Crippen molar-refractivity contribution in [3.05, 3.63) is 85.0 Å². The third-order valence-corrected chi connectivity index (χ3v) is 4.62. The first-order valence-electron chi connectivity index (χ1n) is 7.63. The zero-order valence-electron chi connectivity index (χ0n) is 15.1. The van der Waals surface area contributed by atoms with Crippen molar-refractivity contribution in [1.29, 1.82) is 0 Å². The van der Waals surface area contributed by atoms with Crippen molar-refractivity contribution < 1.29 is 28.2 Å². The maximum atomic E-state index is 12.0. The van der Waals surface area contributed by atoms with Crippen LogP contribution >= 0.6 is 0 Å². The molecule has 27 heavy (non-hydrogen) atoms. The zero-order valence-corrected chi connectivity index (χ0v) is 15.9. The maximum absolute atomic E-state index is 12.0. The van der Waals surface area contributed by atoms with Crippen molar-refractivity contribution in [2.75, 3.05) is 0 Å². The molecule has 144 valence electrons. The fraction of sp³-hybridized carbons (Fsp3) is 0.100. The molecule has 0 radical (unpaired) electrons. The largest absolute Gasteiger partial charge is 0.478 e. The number of benzene rings is 2. The third-order valence-electron chi connectivity index (χ3n) is 2.84. The van der Waals surface area contributed by atoms with Crippen LogP contribution in [0.4, 0.5) is 0 Å². The van der Waals surface area contributed by atoms with Gasteiger partial charge in [-0.2, -0.15) is 0 Å². The van der Waals surface area contributed by atoms with Gasteiger partial charge in [0, 0.05) is 11.1 Å². The lowest BCUT2D eigenvalue weighted by Crippen LogP contribution is -2.00. The molecule has 2 rings (SSSR count). The summed E-state index contributed by atoms with van der Waals surface area (Å²) in [6.45, 7) is 9.20. The molecule has 0 unspecified atom stereocenters. The van der Waals surface area contributed by atoms with Crippen molar-refractivity contribution >= 4 is 21.8 Å². The molecule has 0 heterocycles. The molecule has 0 aromatic heterocycles. The highest BCUT2D eigenvalue weighted by molar-refractivity contribution is 7.91. The molecule has 2 aromatic rings. The minimum atomic E-state index is -3.34. The topological polar surface area (TPSA) is 109 Å². The van der Waals surface area contributed by atoms with E-state index in [1.807, 2.05) is 0 Å². The van der Waals surface area contributed by atoms with Crippen LogP contribution in [0.5, 0.6) is 0 Å². The van der Waals surface area contributed by atoms with Crippen LogP contribution in [0, 0.1) is 0 Å². The third kappa shape index (κ3) is 9.18. The van der Waals surface area contributed by atoms with Gasteiger partial charge >= 0.3 is 11.9 Å². The van der Waals surface area contributed by atoms with E-state index in [0.29, 0.717) is 9.79 Å². The summed E-state index contributed by atoms with van der Waals surface area (Å²) in [5.41, 5.74) is 0.352. The van der Waals surface area contributed by atoms with Gasteiger partial charge in [-0.05, 0) is 38.1 Å². The minimum Gasteiger partial charge on any atom is -0.478 e. The number of aliphatic carboxylic acids is 2. The standard InChI is InChI=1S/C12H10O2S.2C4H6O2/c13-15(14,11-7-3-1-4-8-11)12-9-5-2-6-10-12;2*1-3(2)4(5)6/h1-10H;2*1H2,2H3,(H,5,6). The van der Waals surface area contributed by atoms with E-state index in [1.54, 1.807) is 60.7 Å². The average Bonchev–Trinajstić information content (AvgIpc) is 2.64. The number of rotatable bonds is 4. The fourth-order valence-corrected chi connectivity index (χ4v) is 2.64. The Morgan fingerprint density at radius 1 is 0.704 bits per heavy atom. The van der Waals surface area contributed by atoms with Crippen LogP contribution in [0.1, 0.15) is 13.8 Å². The van der Waals surface area contributed by atoms with Crippen molar-refractivity contribution in [3.8, 4) is 0 Å². The van der Waals surface area contributed by atoms with Gasteiger partial charge in [-0.15, -0.1) is 0 Å². The van der Waals surface area contributed by atoms with Crippen LogP contribution in [-0.2, 0) is 19.4 Å². The van der Waals surface area contributed by atoms with E-state index in [1.165, 1.54) is 13.8 Å². The van der Waals surface area contributed by atoms with Crippen LogP contribution in [0.2, 0.25) is 0 Å². The van der Waals surface area contributed by atoms with E-state index in [2.05, 4.69) is 13.2 Å². The Morgan fingerprint density at radius 3 is 1.11 bits per heavy atom. The minimum absolute atomic E-state index is 0.176. The van der Waals surface area contributed by atoms with Gasteiger partial charge in [0.05, 0.1) is 9.79 Å². The first kappa shape index (κ1) is 23.8. The normalized spacial score (nSPS) is 9.56. The molecule has 6 nitrogen and oxygen atoms in total. The first-order chi connectivity index (χ1) is 12.5. The van der Waals surface area contributed by atoms with Gasteiger partial charge in [0.1, 0.15) is 0 Å². The average molecular weight is 390 g/mol. The molecule has 0 atom stereocenters. The van der Waals surface area contributed by atoms with Gasteiger partial charge in [-0.25, -0.2) is 18.0 Å². The Bertz CT molecular complexity index is 791. The molecule has 0 saturated heterocycles. The lowest BCUT2D eigenvalue weighted by Gasteiger charge is -2.03. The van der Waals surface area contributed by atoms with Crippen LogP contribution in [0.3, 0.4) is 0 Å². The van der Waals surface area contributed by atoms with Crippen LogP contribution in [0.15, 0.2) is 94.8 Å². The Labute approximate surface area is 159 Å². The van der Waals surface area contributed by atoms with Gasteiger partial charge in [0.2, 0.25) is 9.84 Å². The Kier molecular flexibility index (Phi) is 10.1. The van der Waals surface area contributed by atoms with Crippen molar-refractivity contribution in [3.63, 3.8) is 0 Å². The summed E-state index contributed by atoms with van der Waals surface area (Å²) in [4.78, 5) is 19.9. The van der Waals surface area contributed by atoms with Crippen molar-refractivity contribution in [2.24, 2.45) is 0 Å². The molecule has 2 aromatic carbocycles. The Morgan fingerprint density at radius 2 is 0.926 bits per heavy atom. The van der Waals surface area contributed by atoms with Gasteiger partial charge in [0.15, 0.2) is 0 Å². The number of hydrogen-bond acceptors (Lipinski definition) is 4. The summed E-state index contributed by atoms with van der Waals surface area (Å²) in [6.07, 6.45) is 0. The molecule has 0 aliphatic heterocycles. The van der Waals surface area contributed by atoms with Gasteiger partial charge in [0.25, 0.3) is 0 Å². The highest BCUT2D eigenvalue weighted by Crippen LogP contribution is 2.19. The van der Waals surface area contributed by atoms with Crippen LogP contribution in [-0.4, -0.2) is 30.6 Å². The molecule has 0 amide bonds. The number of carboxylic acids is 2. The monoisotopic (exact) mass is 390 g/mol. The molecule has 0 saturated carbocycles. The summed E-state index contributed by atoms with van der Waals surface area (Å²) in [7, 11) is -3.34. The molecule has 0 fully saturated rings. The Balaban J connectivity index is 0.000000470. The van der Waals surface area contributed by atoms with Crippen molar-refractivity contribution in [1.82, 2.24) is 0 Å². The smallest absolute Gasteiger partial charge is 0.330 e. The molecule has 0 bridgehead atoms. The first-order valence-corrected chi connectivity index (χ1v) is 9.11. The number of carbonyl (C=O) groups is 2. The second-order valence-corrected chi connectivity index (χ2v) is 7.25. The SMILES string of the molecule is C=C(C)C(=O)O.C=C(C)C(=O)O.O=S(=O)(c1ccccc1)c1ccccc1. The predicted molar refractivity (Wildman–Crippen MR) is 103 cm³/mol. The number of sulfone groups is 1. The lowest BCUT2D eigenvalue weighted by atomic mass is 10.4. The van der Waals surface area contributed by atoms with E-state index < -0.39 is 21.8 Å². The van der Waals surface area contributed by atoms with E-state index in [9.17, 15) is 18.0 Å². The van der Waals surface area contributed by atoms with E-state index in [0.717, 1.165) is 0 Å². The second kappa shape index (κ2) is 11.4. The quantitative estimate of drug-likeness (QED) is 0.768. The highest BCUT2D eigenvalue weighted by atomic mass is 32.2. The lowest BCUT2D eigenvalue weighted by molar-refractivity contribution is -0.133. The number of hydrogen-bond donors (Lipinski definition) is 2. The summed E-state index contributed by atoms with van der Waals surface area (Å²) < 4.78 is 24.1. The summed E-state index contributed by atoms with van der Waals surface area (Å²) in [6, 6.07) is 16.9. The summed E-state index contributed by atoms with van der Waals surface area (Å²) >= 11 is 0. The molecular formula is C20H22O6S. The van der Waals surface area contributed by atoms with Gasteiger partial charge < -0.3 is 10.2 Å². The predicted octanol–water partition coefficient (Wildman–Crippen LogP) is 3.81. The van der Waals surface area contributed by atoms with Crippen LogP contribution in [0.25, 0.3) is 0 Å². The Hall–Kier alpha value is -3.19. The second-order valence-electron chi connectivity index (χ2n) is 5.30. The van der Waals surface area contributed by atoms with E-state index in [-0.39, 0.29) is 11.1 Å².